The average molecular weight is 1140 g/mol. The monoisotopic (exact) mass is 1140 g/mol. The van der Waals surface area contributed by atoms with E-state index in [1.54, 1.807) is 6.07 Å². The Morgan fingerprint density at radius 3 is 1.30 bits per heavy atom. The van der Waals surface area contributed by atoms with E-state index in [1.807, 2.05) is 38.1 Å². The molecule has 0 aliphatic carbocycles. The van der Waals surface area contributed by atoms with Gasteiger partial charge in [-0.3, -0.25) is 14.4 Å². The molecule has 79 heavy (non-hydrogen) atoms. The second-order valence-electron chi connectivity index (χ2n) is 18.1. The van der Waals surface area contributed by atoms with Gasteiger partial charge >= 0.3 is 5.97 Å². The number of unbranched alkanes of at least 4 members (excludes halogenated alkanes) is 2. The number of hydroxylamine groups is 2. The predicted octanol–water partition coefficient (Wildman–Crippen LogP) is 4.36. The molecule has 1 N–H and O–H groups in total. The summed E-state index contributed by atoms with van der Waals surface area (Å²) in [5, 5.41) is 8.20. The number of hydrogen-bond donors (Lipinski definition) is 1. The van der Waals surface area contributed by atoms with Crippen molar-refractivity contribution in [1.29, 1.82) is 0 Å². The smallest absolute Gasteiger partial charge is 0.335 e. The Morgan fingerprint density at radius 2 is 0.861 bits per heavy atom. The molecule has 1 aliphatic rings. The summed E-state index contributed by atoms with van der Waals surface area (Å²) < 4.78 is 108. The van der Waals surface area contributed by atoms with Gasteiger partial charge in [0.2, 0.25) is 5.91 Å². The number of amides is 3. The topological polar surface area (TPSA) is 270 Å². The van der Waals surface area contributed by atoms with E-state index in [4.69, 9.17) is 66.4 Å². The number of imide groups is 1. The minimum atomic E-state index is -4.67. The van der Waals surface area contributed by atoms with Crippen LogP contribution in [0.5, 0.6) is 5.75 Å². The van der Waals surface area contributed by atoms with Crippen molar-refractivity contribution in [2.75, 3.05) is 172 Å². The van der Waals surface area contributed by atoms with E-state index in [2.05, 4.69) is 5.32 Å². The number of nitrogens with one attached hydrogen (secondary N) is 1. The molecule has 1 aliphatic heterocycles. The summed E-state index contributed by atoms with van der Waals surface area (Å²) in [7, 11) is -4.67. The van der Waals surface area contributed by atoms with Crippen LogP contribution >= 0.6 is 0 Å². The third-order valence-corrected chi connectivity index (χ3v) is 13.0. The molecule has 1 heterocycles. The molecule has 0 saturated carbocycles. The van der Waals surface area contributed by atoms with Crippen LogP contribution in [0.15, 0.2) is 41.3 Å². The highest BCUT2D eigenvalue weighted by Gasteiger charge is 2.32. The van der Waals surface area contributed by atoms with Crippen molar-refractivity contribution in [1.82, 2.24) is 10.4 Å². The van der Waals surface area contributed by atoms with Crippen LogP contribution in [-0.2, 0) is 91.0 Å². The minimum absolute atomic E-state index is 0.0301. The normalized spacial score (nSPS) is 13.0. The van der Waals surface area contributed by atoms with E-state index in [-0.39, 0.29) is 43.3 Å². The van der Waals surface area contributed by atoms with Crippen LogP contribution in [0.3, 0.4) is 0 Å². The lowest BCUT2D eigenvalue weighted by Crippen LogP contribution is -2.32. The van der Waals surface area contributed by atoms with E-state index in [9.17, 15) is 32.1 Å². The van der Waals surface area contributed by atoms with Crippen LogP contribution in [0, 0.1) is 13.8 Å². The zero-order chi connectivity index (χ0) is 56.3. The number of ether oxygens (including phenoxy) is 13. The number of nitrogens with zero attached hydrogens (tertiary/aromatic N) is 1. The van der Waals surface area contributed by atoms with Gasteiger partial charge in [0.25, 0.3) is 11.8 Å². The molecule has 1 fully saturated rings. The van der Waals surface area contributed by atoms with E-state index < -0.39 is 27.9 Å². The van der Waals surface area contributed by atoms with Gasteiger partial charge in [0, 0.05) is 42.0 Å². The van der Waals surface area contributed by atoms with Crippen LogP contribution in [0.4, 0.5) is 0 Å². The Labute approximate surface area is 462 Å². The first-order chi connectivity index (χ1) is 38.5. The third-order valence-electron chi connectivity index (χ3n) is 12.1. The van der Waals surface area contributed by atoms with E-state index in [1.165, 1.54) is 6.07 Å². The van der Waals surface area contributed by atoms with Crippen molar-refractivity contribution >= 4 is 66.1 Å². The highest BCUT2D eigenvalue weighted by Crippen LogP contribution is 2.43. The Bertz CT molecular complexity index is 2510. The molecular formula is C55H79N2O21S-. The molecule has 23 nitrogen and oxygen atoms in total. The Kier molecular flexibility index (Phi) is 31.3. The summed E-state index contributed by atoms with van der Waals surface area (Å²) >= 11 is 0. The lowest BCUT2D eigenvalue weighted by Gasteiger charge is -2.20. The molecule has 0 unspecified atom stereocenters. The van der Waals surface area contributed by atoms with Gasteiger partial charge in [-0.05, 0) is 78.6 Å². The molecule has 0 aromatic heterocycles. The maximum atomic E-state index is 12.3. The second kappa shape index (κ2) is 38.0. The van der Waals surface area contributed by atoms with Crippen molar-refractivity contribution in [3.05, 3.63) is 47.5 Å². The predicted molar refractivity (Wildman–Crippen MR) is 286 cm³/mol. The standard InChI is InChI=1S/C55H80N2O21S/c1-42-40-48(46-9-10-47-49(79(62,63)64)41-43(2)45-8-7-44(42)54(46)55(45)47)77-15-5-3-4-6-50(58)56-14-17-66-19-21-68-23-25-70-27-29-72-31-33-74-35-37-76-39-38-75-36-34-73-32-30-71-28-26-69-24-22-67-20-18-65-16-13-53(61)78-57-51(59)11-12-52(57)60/h7-10,40-41H,3-6,11-39H2,1-2H3,(H,56,58)(H,62,63,64)/p-1. The maximum Gasteiger partial charge on any atom is 0.335 e. The molecule has 0 bridgehead atoms. The number of hydrogen-bond acceptors (Lipinski definition) is 21. The Morgan fingerprint density at radius 1 is 0.481 bits per heavy atom. The Balaban J connectivity index is 0.685. The third kappa shape index (κ3) is 24.5. The highest BCUT2D eigenvalue weighted by molar-refractivity contribution is 7.86. The number of rotatable bonds is 48. The van der Waals surface area contributed by atoms with Gasteiger partial charge in [0.05, 0.1) is 176 Å². The number of aryl methyl sites for hydroxylation is 2. The number of carbonyl (C=O) groups excluding carboxylic acids is 4. The number of carbonyl (C=O) groups is 4. The lowest BCUT2D eigenvalue weighted by molar-refractivity contribution is -0.198. The molecule has 0 radical (unpaired) electrons. The molecule has 442 valence electrons. The quantitative estimate of drug-likeness (QED) is 0.0279. The van der Waals surface area contributed by atoms with Crippen LogP contribution in [-0.4, -0.2) is 213 Å². The van der Waals surface area contributed by atoms with Crippen LogP contribution in [0.1, 0.15) is 56.1 Å². The summed E-state index contributed by atoms with van der Waals surface area (Å²) in [6.07, 6.45) is 2.71. The molecule has 5 rings (SSSR count). The summed E-state index contributed by atoms with van der Waals surface area (Å²) in [6, 6.07) is 11.0. The van der Waals surface area contributed by atoms with Gasteiger partial charge in [0.15, 0.2) is 0 Å². The largest absolute Gasteiger partial charge is 0.744 e. The van der Waals surface area contributed by atoms with Crippen molar-refractivity contribution in [2.45, 2.75) is 63.7 Å². The highest BCUT2D eigenvalue weighted by atomic mass is 32.2. The van der Waals surface area contributed by atoms with Crippen molar-refractivity contribution in [3.63, 3.8) is 0 Å². The van der Waals surface area contributed by atoms with Gasteiger partial charge in [-0.15, -0.1) is 5.06 Å². The van der Waals surface area contributed by atoms with E-state index >= 15 is 0 Å². The summed E-state index contributed by atoms with van der Waals surface area (Å²) in [5.74, 6) is -1.07. The maximum absolute atomic E-state index is 12.3. The van der Waals surface area contributed by atoms with Crippen molar-refractivity contribution in [3.8, 4) is 5.75 Å². The van der Waals surface area contributed by atoms with Crippen LogP contribution in [0.25, 0.3) is 32.3 Å². The molecule has 24 heteroatoms. The van der Waals surface area contributed by atoms with Crippen LogP contribution in [0.2, 0.25) is 0 Å². The fourth-order valence-electron chi connectivity index (χ4n) is 8.17. The average Bonchev–Trinajstić information content (AvgIpc) is 3.91. The fourth-order valence-corrected chi connectivity index (χ4v) is 8.93. The van der Waals surface area contributed by atoms with Gasteiger partial charge < -0.3 is 76.3 Å². The summed E-state index contributed by atoms with van der Waals surface area (Å²) in [5.41, 5.74) is 1.72. The van der Waals surface area contributed by atoms with Gasteiger partial charge in [-0.25, -0.2) is 13.2 Å². The molecule has 4 aromatic rings. The molecule has 3 amide bonds. The molecule has 0 atom stereocenters. The number of benzene rings is 4. The van der Waals surface area contributed by atoms with Crippen LogP contribution < -0.4 is 10.1 Å². The second-order valence-corrected chi connectivity index (χ2v) is 19.4. The molecule has 4 aromatic carbocycles. The molecular weight excluding hydrogens is 1060 g/mol. The van der Waals surface area contributed by atoms with Gasteiger partial charge in [0.1, 0.15) is 15.9 Å². The summed E-state index contributed by atoms with van der Waals surface area (Å²) in [4.78, 5) is 51.5. The van der Waals surface area contributed by atoms with E-state index in [0.717, 1.165) is 57.3 Å². The molecule has 1 saturated heterocycles. The SMILES string of the molecule is Cc1cc(OCCCCCC(=O)NCCOCCOCCOCCOCCOCCOCCOCCOCCOCCOCCOCCOCCC(=O)ON2C(=O)CCC2=O)c2ccc3c(S(=O)(=O)[O-])cc(C)c4ccc1c2c43. The zero-order valence-corrected chi connectivity index (χ0v) is 46.5. The Hall–Kier alpha value is -4.77. The lowest BCUT2D eigenvalue weighted by atomic mass is 9.90. The van der Waals surface area contributed by atoms with Crippen molar-refractivity contribution < 1.29 is 98.6 Å². The first-order valence-electron chi connectivity index (χ1n) is 27.0. The minimum Gasteiger partial charge on any atom is -0.744 e. The first-order valence-corrected chi connectivity index (χ1v) is 28.4. The van der Waals surface area contributed by atoms with E-state index in [0.29, 0.717) is 181 Å². The van der Waals surface area contributed by atoms with Crippen molar-refractivity contribution in [2.24, 2.45) is 0 Å². The van der Waals surface area contributed by atoms with Gasteiger partial charge in [-0.1, -0.05) is 18.2 Å². The zero-order valence-electron chi connectivity index (χ0n) is 45.7. The fraction of sp³-hybridized carbons (Fsp3) is 0.636. The first kappa shape index (κ1) is 65.0. The molecule has 0 spiro atoms. The van der Waals surface area contributed by atoms with Gasteiger partial charge in [-0.2, -0.15) is 0 Å². The summed E-state index contributed by atoms with van der Waals surface area (Å²) in [6.45, 7) is 14.5.